The lowest BCUT2D eigenvalue weighted by molar-refractivity contribution is -0.140. The molecule has 2 unspecified atom stereocenters. The smallest absolute Gasteiger partial charge is 0.320 e. The highest BCUT2D eigenvalue weighted by atomic mass is 32.2. The minimum Gasteiger partial charge on any atom is -0.468 e. The topological polar surface area (TPSA) is 42.4 Å². The molecule has 3 heterocycles. The highest BCUT2D eigenvalue weighted by molar-refractivity contribution is 8.09. The molecule has 0 amide bonds. The van der Waals surface area contributed by atoms with Crippen LogP contribution in [0.25, 0.3) is 4.91 Å². The fraction of sp³-hybridized carbons (Fsp3) is 0.467. The SMILES string of the molecule is COC(=O)C1SC(c2ccc(C#Cc3cscn3)cc2)=CC1C1=C(C2CCC(C)CC2)CN(C)CC1. The highest BCUT2D eigenvalue weighted by Gasteiger charge is 2.40. The summed E-state index contributed by atoms with van der Waals surface area (Å²) < 4.78 is 5.29. The second-order valence-corrected chi connectivity index (χ2v) is 12.2. The van der Waals surface area contributed by atoms with Gasteiger partial charge in [0.05, 0.1) is 12.6 Å². The summed E-state index contributed by atoms with van der Waals surface area (Å²) in [5.41, 5.74) is 7.79. The number of thioether (sulfide) groups is 1. The molecule has 1 aliphatic carbocycles. The van der Waals surface area contributed by atoms with Gasteiger partial charge in [-0.1, -0.05) is 55.0 Å². The second-order valence-electron chi connectivity index (χ2n) is 10.3. The molecule has 2 atom stereocenters. The van der Waals surface area contributed by atoms with E-state index >= 15 is 0 Å². The van der Waals surface area contributed by atoms with Crippen LogP contribution in [0.5, 0.6) is 0 Å². The molecule has 4 nitrogen and oxygen atoms in total. The molecule has 3 aliphatic rings. The first-order valence-corrected chi connectivity index (χ1v) is 14.7. The van der Waals surface area contributed by atoms with Crippen LogP contribution >= 0.6 is 23.1 Å². The van der Waals surface area contributed by atoms with Gasteiger partial charge < -0.3 is 9.64 Å². The Morgan fingerprint density at radius 2 is 1.89 bits per heavy atom. The van der Waals surface area contributed by atoms with E-state index in [0.717, 1.165) is 47.2 Å². The molecule has 0 N–H and O–H groups in total. The Hall–Kier alpha value is -2.33. The summed E-state index contributed by atoms with van der Waals surface area (Å²) in [6, 6.07) is 8.35. The van der Waals surface area contributed by atoms with E-state index in [0.29, 0.717) is 5.92 Å². The molecule has 1 aromatic carbocycles. The Bertz CT molecular complexity index is 1200. The van der Waals surface area contributed by atoms with Crippen molar-refractivity contribution in [3.05, 3.63) is 69.2 Å². The standard InChI is InChI=1S/C30H34N2O2S2/c1-20-4-9-22(10-5-20)27-17-32(2)15-14-25(27)26-16-28(36-29(26)30(33)34-3)23-11-6-21(7-12-23)8-13-24-18-35-19-31-24/h6-7,11-12,16,18-20,22,26,29H,4-5,9-10,14-15,17H2,1-3H3. The van der Waals surface area contributed by atoms with E-state index in [-0.39, 0.29) is 17.1 Å². The van der Waals surface area contributed by atoms with Crippen molar-refractivity contribution in [2.24, 2.45) is 17.8 Å². The number of carbonyl (C=O) groups excluding carboxylic acids is 1. The number of carbonyl (C=O) groups is 1. The average molecular weight is 519 g/mol. The van der Waals surface area contributed by atoms with Crippen LogP contribution in [0.1, 0.15) is 55.8 Å². The van der Waals surface area contributed by atoms with Gasteiger partial charge in [0.2, 0.25) is 0 Å². The van der Waals surface area contributed by atoms with Crippen molar-refractivity contribution in [1.29, 1.82) is 0 Å². The number of rotatable bonds is 4. The quantitative estimate of drug-likeness (QED) is 0.272. The van der Waals surface area contributed by atoms with E-state index in [4.69, 9.17) is 4.74 Å². The first-order valence-electron chi connectivity index (χ1n) is 12.9. The number of esters is 1. The number of hydrogen-bond donors (Lipinski definition) is 0. The number of aromatic nitrogens is 1. The fourth-order valence-corrected chi connectivity index (χ4v) is 7.55. The third-order valence-corrected chi connectivity index (χ3v) is 9.76. The monoisotopic (exact) mass is 518 g/mol. The third kappa shape index (κ3) is 5.64. The van der Waals surface area contributed by atoms with E-state index < -0.39 is 0 Å². The molecular weight excluding hydrogens is 484 g/mol. The first kappa shape index (κ1) is 25.3. The van der Waals surface area contributed by atoms with Gasteiger partial charge >= 0.3 is 5.97 Å². The van der Waals surface area contributed by atoms with Gasteiger partial charge in [-0.25, -0.2) is 4.98 Å². The van der Waals surface area contributed by atoms with Crippen molar-refractivity contribution in [2.75, 3.05) is 27.2 Å². The van der Waals surface area contributed by atoms with Crippen LogP contribution in [0.15, 0.2) is 52.4 Å². The number of likely N-dealkylation sites (N-methyl/N-ethyl adjacent to an activating group) is 1. The molecule has 1 fully saturated rings. The molecule has 1 saturated carbocycles. The number of methoxy groups -OCH3 is 1. The minimum absolute atomic E-state index is 0.102. The Kier molecular flexibility index (Phi) is 8.00. The summed E-state index contributed by atoms with van der Waals surface area (Å²) >= 11 is 3.21. The van der Waals surface area contributed by atoms with Gasteiger partial charge in [-0.05, 0) is 61.8 Å². The zero-order valence-electron chi connectivity index (χ0n) is 21.3. The van der Waals surface area contributed by atoms with Gasteiger partial charge in [-0.2, -0.15) is 0 Å². The molecule has 6 heteroatoms. The maximum Gasteiger partial charge on any atom is 0.320 e. The van der Waals surface area contributed by atoms with Crippen molar-refractivity contribution in [1.82, 2.24) is 9.88 Å². The van der Waals surface area contributed by atoms with Gasteiger partial charge in [-0.3, -0.25) is 4.79 Å². The van der Waals surface area contributed by atoms with Crippen molar-refractivity contribution in [3.8, 4) is 11.8 Å². The van der Waals surface area contributed by atoms with E-state index in [1.54, 1.807) is 34.2 Å². The summed E-state index contributed by atoms with van der Waals surface area (Å²) in [5.74, 6) is 7.76. The van der Waals surface area contributed by atoms with E-state index in [9.17, 15) is 4.79 Å². The minimum atomic E-state index is -0.218. The largest absolute Gasteiger partial charge is 0.468 e. The molecular formula is C30H34N2O2S2. The van der Waals surface area contributed by atoms with Crippen molar-refractivity contribution < 1.29 is 9.53 Å². The average Bonchev–Trinajstić information content (AvgIpc) is 3.58. The van der Waals surface area contributed by atoms with Crippen LogP contribution in [-0.4, -0.2) is 48.4 Å². The molecule has 36 heavy (non-hydrogen) atoms. The predicted octanol–water partition coefficient (Wildman–Crippen LogP) is 6.25. The van der Waals surface area contributed by atoms with E-state index in [2.05, 4.69) is 66.0 Å². The molecule has 0 saturated heterocycles. The maximum atomic E-state index is 13.0. The van der Waals surface area contributed by atoms with E-state index in [1.807, 2.05) is 5.38 Å². The molecule has 2 aromatic rings. The Morgan fingerprint density at radius 3 is 2.58 bits per heavy atom. The van der Waals surface area contributed by atoms with Crippen LogP contribution in [-0.2, 0) is 9.53 Å². The summed E-state index contributed by atoms with van der Waals surface area (Å²) in [4.78, 5) is 20.8. The van der Waals surface area contributed by atoms with Crippen LogP contribution in [0.3, 0.4) is 0 Å². The molecule has 0 radical (unpaired) electrons. The van der Waals surface area contributed by atoms with Crippen LogP contribution < -0.4 is 0 Å². The predicted molar refractivity (Wildman–Crippen MR) is 150 cm³/mol. The van der Waals surface area contributed by atoms with Crippen molar-refractivity contribution >= 4 is 34.0 Å². The highest BCUT2D eigenvalue weighted by Crippen LogP contribution is 2.49. The van der Waals surface area contributed by atoms with Gasteiger partial charge in [0, 0.05) is 34.9 Å². The van der Waals surface area contributed by atoms with Gasteiger partial charge in [0.25, 0.3) is 0 Å². The lowest BCUT2D eigenvalue weighted by atomic mass is 9.74. The summed E-state index contributed by atoms with van der Waals surface area (Å²) in [5, 5.41) is 1.74. The lowest BCUT2D eigenvalue weighted by Gasteiger charge is -2.37. The first-order chi connectivity index (χ1) is 17.5. The normalized spacial score (nSPS) is 26.8. The summed E-state index contributed by atoms with van der Waals surface area (Å²) in [7, 11) is 3.74. The molecule has 0 bridgehead atoms. The van der Waals surface area contributed by atoms with Gasteiger partial charge in [0.15, 0.2) is 0 Å². The molecule has 1 aromatic heterocycles. The van der Waals surface area contributed by atoms with Crippen LogP contribution in [0, 0.1) is 29.6 Å². The Morgan fingerprint density at radius 1 is 1.11 bits per heavy atom. The lowest BCUT2D eigenvalue weighted by Crippen LogP contribution is -2.36. The summed E-state index contributed by atoms with van der Waals surface area (Å²) in [6.45, 7) is 4.45. The van der Waals surface area contributed by atoms with Crippen LogP contribution in [0.2, 0.25) is 0 Å². The number of hydrogen-bond acceptors (Lipinski definition) is 6. The molecule has 0 spiro atoms. The summed E-state index contributed by atoms with van der Waals surface area (Å²) in [6.07, 6.45) is 8.54. The number of ether oxygens (including phenoxy) is 1. The number of allylic oxidation sites excluding steroid dienone is 1. The Labute approximate surface area is 223 Å². The zero-order chi connectivity index (χ0) is 25.1. The number of thiazole rings is 1. The number of benzene rings is 1. The van der Waals surface area contributed by atoms with Gasteiger partial charge in [0.1, 0.15) is 10.9 Å². The maximum absolute atomic E-state index is 13.0. The third-order valence-electron chi connectivity index (χ3n) is 7.81. The van der Waals surface area contributed by atoms with Crippen LogP contribution in [0.4, 0.5) is 0 Å². The van der Waals surface area contributed by atoms with Crippen molar-refractivity contribution in [3.63, 3.8) is 0 Å². The molecule has 188 valence electrons. The number of nitrogens with zero attached hydrogens (tertiary/aromatic N) is 2. The van der Waals surface area contributed by atoms with Crippen molar-refractivity contribution in [2.45, 2.75) is 44.3 Å². The second kappa shape index (κ2) is 11.4. The fourth-order valence-electron chi connectivity index (χ4n) is 5.71. The van der Waals surface area contributed by atoms with E-state index in [1.165, 1.54) is 38.4 Å². The molecule has 2 aliphatic heterocycles. The zero-order valence-corrected chi connectivity index (χ0v) is 23.0. The Balaban J connectivity index is 1.44. The molecule has 5 rings (SSSR count). The van der Waals surface area contributed by atoms with Gasteiger partial charge in [-0.15, -0.1) is 23.1 Å².